The van der Waals surface area contributed by atoms with Gasteiger partial charge in [0.15, 0.2) is 0 Å². The van der Waals surface area contributed by atoms with Crippen molar-refractivity contribution in [2.45, 2.75) is 24.8 Å². The minimum absolute atomic E-state index is 0.369. The monoisotopic (exact) mass is 288 g/mol. The molecule has 104 valence electrons. The van der Waals surface area contributed by atoms with Crippen LogP contribution in [0.5, 0.6) is 0 Å². The Balaban J connectivity index is 1.74. The molecule has 1 heterocycles. The molecular formula is C13H15ClF2N2O. The predicted molar refractivity (Wildman–Crippen MR) is 69.5 cm³/mol. The molecule has 1 aromatic carbocycles. The Labute approximate surface area is 115 Å². The van der Waals surface area contributed by atoms with E-state index in [2.05, 4.69) is 10.6 Å². The molecule has 0 aromatic heterocycles. The fraction of sp³-hybridized carbons (Fsp3) is 0.462. The molecule has 1 unspecified atom stereocenters. The topological polar surface area (TPSA) is 41.1 Å². The maximum Gasteiger partial charge on any atom is 0.262 e. The molecule has 1 fully saturated rings. The molecule has 1 atom stereocenters. The van der Waals surface area contributed by atoms with E-state index in [0.717, 1.165) is 5.56 Å². The van der Waals surface area contributed by atoms with E-state index in [-0.39, 0.29) is 5.91 Å². The molecule has 0 spiro atoms. The minimum atomic E-state index is -2.78. The van der Waals surface area contributed by atoms with Crippen LogP contribution in [0.25, 0.3) is 0 Å². The van der Waals surface area contributed by atoms with Crippen molar-refractivity contribution in [3.8, 4) is 0 Å². The second-order valence-corrected chi connectivity index (χ2v) is 5.10. The zero-order valence-corrected chi connectivity index (χ0v) is 11.0. The number of benzene rings is 1. The number of amides is 1. The summed E-state index contributed by atoms with van der Waals surface area (Å²) in [7, 11) is 0. The highest BCUT2D eigenvalue weighted by Gasteiger charge is 2.42. The third kappa shape index (κ3) is 4.14. The van der Waals surface area contributed by atoms with Gasteiger partial charge in [0.05, 0.1) is 12.6 Å². The molecule has 6 heteroatoms. The average Bonchev–Trinajstić information content (AvgIpc) is 2.72. The third-order valence-corrected chi connectivity index (χ3v) is 3.30. The summed E-state index contributed by atoms with van der Waals surface area (Å²) in [4.78, 5) is 11.6. The van der Waals surface area contributed by atoms with Crippen molar-refractivity contribution in [2.24, 2.45) is 0 Å². The number of rotatable bonds is 4. The fourth-order valence-corrected chi connectivity index (χ4v) is 2.13. The van der Waals surface area contributed by atoms with E-state index in [1.807, 2.05) is 12.1 Å². The molecule has 2 rings (SSSR count). The minimum Gasteiger partial charge on any atom is -0.354 e. The number of hydrogen-bond acceptors (Lipinski definition) is 2. The van der Waals surface area contributed by atoms with Crippen molar-refractivity contribution in [3.63, 3.8) is 0 Å². The van der Waals surface area contributed by atoms with Crippen molar-refractivity contribution in [2.75, 3.05) is 13.1 Å². The van der Waals surface area contributed by atoms with Gasteiger partial charge in [-0.1, -0.05) is 23.7 Å². The maximum atomic E-state index is 12.9. The van der Waals surface area contributed by atoms with Crippen molar-refractivity contribution < 1.29 is 13.6 Å². The van der Waals surface area contributed by atoms with Crippen LogP contribution >= 0.6 is 11.6 Å². The van der Waals surface area contributed by atoms with Crippen molar-refractivity contribution in [1.82, 2.24) is 10.6 Å². The van der Waals surface area contributed by atoms with E-state index in [1.54, 1.807) is 12.1 Å². The Bertz CT molecular complexity index is 450. The number of nitrogens with one attached hydrogen (secondary N) is 2. The lowest BCUT2D eigenvalue weighted by molar-refractivity contribution is -0.123. The van der Waals surface area contributed by atoms with Gasteiger partial charge in [-0.2, -0.15) is 0 Å². The van der Waals surface area contributed by atoms with Crippen LogP contribution in [0.1, 0.15) is 12.0 Å². The van der Waals surface area contributed by atoms with Gasteiger partial charge in [0.1, 0.15) is 0 Å². The highest BCUT2D eigenvalue weighted by Crippen LogP contribution is 2.24. The molecule has 1 aliphatic rings. The Kier molecular flexibility index (Phi) is 4.37. The maximum absolute atomic E-state index is 12.9. The molecule has 19 heavy (non-hydrogen) atoms. The summed E-state index contributed by atoms with van der Waals surface area (Å²) in [6.07, 6.45) is 0.214. The summed E-state index contributed by atoms with van der Waals surface area (Å²) < 4.78 is 25.8. The standard InChI is InChI=1S/C13H15ClF2N2O/c14-10-3-1-9(2-4-10)5-6-17-12(19)11-7-13(15,16)8-18-11/h1-4,11,18H,5-8H2,(H,17,19). The number of carbonyl (C=O) groups is 1. The van der Waals surface area contributed by atoms with Gasteiger partial charge in [0.25, 0.3) is 5.92 Å². The van der Waals surface area contributed by atoms with Gasteiger partial charge < -0.3 is 5.32 Å². The quantitative estimate of drug-likeness (QED) is 0.890. The molecule has 3 nitrogen and oxygen atoms in total. The van der Waals surface area contributed by atoms with Crippen molar-refractivity contribution in [1.29, 1.82) is 0 Å². The van der Waals surface area contributed by atoms with Crippen LogP contribution in [-0.4, -0.2) is 31.0 Å². The van der Waals surface area contributed by atoms with Crippen LogP contribution in [0, 0.1) is 0 Å². The Morgan fingerprint density at radius 2 is 2.11 bits per heavy atom. The highest BCUT2D eigenvalue weighted by molar-refractivity contribution is 6.30. The first kappa shape index (κ1) is 14.2. The summed E-state index contributed by atoms with van der Waals surface area (Å²) in [5.41, 5.74) is 1.04. The first-order valence-corrected chi connectivity index (χ1v) is 6.47. The van der Waals surface area contributed by atoms with Crippen molar-refractivity contribution >= 4 is 17.5 Å². The molecule has 0 radical (unpaired) electrons. The van der Waals surface area contributed by atoms with Crippen LogP contribution in [0.15, 0.2) is 24.3 Å². The molecule has 2 N–H and O–H groups in total. The summed E-state index contributed by atoms with van der Waals surface area (Å²) in [5.74, 6) is -3.15. The molecule has 1 amide bonds. The highest BCUT2D eigenvalue weighted by atomic mass is 35.5. The molecule has 1 saturated heterocycles. The van der Waals surface area contributed by atoms with Crippen LogP contribution in [0.3, 0.4) is 0 Å². The number of halogens is 3. The van der Waals surface area contributed by atoms with Gasteiger partial charge in [0, 0.05) is 18.0 Å². The average molecular weight is 289 g/mol. The van der Waals surface area contributed by atoms with E-state index < -0.39 is 24.9 Å². The lowest BCUT2D eigenvalue weighted by Gasteiger charge is -2.11. The summed E-state index contributed by atoms with van der Waals surface area (Å²) in [6.45, 7) is -0.00745. The normalized spacial score (nSPS) is 21.3. The smallest absolute Gasteiger partial charge is 0.262 e. The van der Waals surface area contributed by atoms with Crippen LogP contribution in [0.4, 0.5) is 8.78 Å². The van der Waals surface area contributed by atoms with Crippen LogP contribution in [-0.2, 0) is 11.2 Å². The molecule has 0 aliphatic carbocycles. The van der Waals surface area contributed by atoms with Gasteiger partial charge in [-0.3, -0.25) is 10.1 Å². The number of hydrogen-bond donors (Lipinski definition) is 2. The Hall–Kier alpha value is -1.20. The van der Waals surface area contributed by atoms with E-state index in [9.17, 15) is 13.6 Å². The zero-order valence-electron chi connectivity index (χ0n) is 10.3. The lowest BCUT2D eigenvalue weighted by Crippen LogP contribution is -2.41. The largest absolute Gasteiger partial charge is 0.354 e. The van der Waals surface area contributed by atoms with Gasteiger partial charge in [-0.05, 0) is 24.1 Å². The van der Waals surface area contributed by atoms with E-state index in [4.69, 9.17) is 11.6 Å². The van der Waals surface area contributed by atoms with Gasteiger partial charge in [-0.15, -0.1) is 0 Å². The molecular weight excluding hydrogens is 274 g/mol. The molecule has 1 aliphatic heterocycles. The van der Waals surface area contributed by atoms with Gasteiger partial charge in [0.2, 0.25) is 5.91 Å². The Morgan fingerprint density at radius 1 is 1.42 bits per heavy atom. The Morgan fingerprint density at radius 3 is 2.68 bits per heavy atom. The van der Waals surface area contributed by atoms with E-state index >= 15 is 0 Å². The fourth-order valence-electron chi connectivity index (χ4n) is 2.01. The van der Waals surface area contributed by atoms with Crippen LogP contribution in [0.2, 0.25) is 5.02 Å². The third-order valence-electron chi connectivity index (χ3n) is 3.05. The van der Waals surface area contributed by atoms with Gasteiger partial charge >= 0.3 is 0 Å². The SMILES string of the molecule is O=C(NCCc1ccc(Cl)cc1)C1CC(F)(F)CN1. The van der Waals surface area contributed by atoms with Crippen molar-refractivity contribution in [3.05, 3.63) is 34.9 Å². The summed E-state index contributed by atoms with van der Waals surface area (Å²) in [6, 6.07) is 6.50. The van der Waals surface area contributed by atoms with E-state index in [1.165, 1.54) is 0 Å². The van der Waals surface area contributed by atoms with Gasteiger partial charge in [-0.25, -0.2) is 8.78 Å². The second-order valence-electron chi connectivity index (χ2n) is 4.66. The molecule has 0 bridgehead atoms. The summed E-state index contributed by atoms with van der Waals surface area (Å²) in [5, 5.41) is 5.84. The lowest BCUT2D eigenvalue weighted by atomic mass is 10.1. The predicted octanol–water partition coefficient (Wildman–Crippen LogP) is 2.00. The first-order chi connectivity index (χ1) is 8.96. The first-order valence-electron chi connectivity index (χ1n) is 6.10. The number of carbonyl (C=O) groups excluding carboxylic acids is 1. The zero-order chi connectivity index (χ0) is 13.9. The number of alkyl halides is 2. The van der Waals surface area contributed by atoms with E-state index in [0.29, 0.717) is 18.0 Å². The molecule has 1 aromatic rings. The molecule has 0 saturated carbocycles. The second kappa shape index (κ2) is 5.84. The van der Waals surface area contributed by atoms with Crippen LogP contribution < -0.4 is 10.6 Å². The summed E-state index contributed by atoms with van der Waals surface area (Å²) >= 11 is 5.76.